The van der Waals surface area contributed by atoms with Gasteiger partial charge in [-0.15, -0.1) is 0 Å². The summed E-state index contributed by atoms with van der Waals surface area (Å²) in [6, 6.07) is 6.81. The molecule has 1 N–H and O–H groups in total. The first-order valence-electron chi connectivity index (χ1n) is 8.96. The molecule has 3 heterocycles. The van der Waals surface area contributed by atoms with Gasteiger partial charge in [0.05, 0.1) is 0 Å². The van der Waals surface area contributed by atoms with Gasteiger partial charge in [-0.25, -0.2) is 18.1 Å². The van der Waals surface area contributed by atoms with Crippen molar-refractivity contribution in [2.24, 2.45) is 0 Å². The molecule has 0 aromatic carbocycles. The van der Waals surface area contributed by atoms with Crippen molar-refractivity contribution in [3.8, 4) is 0 Å². The molecule has 0 radical (unpaired) electrons. The average molecular weight is 401 g/mol. The maximum absolute atomic E-state index is 12.9. The van der Waals surface area contributed by atoms with E-state index in [-0.39, 0.29) is 10.8 Å². The fourth-order valence-electron chi connectivity index (χ4n) is 3.02. The molecule has 148 valence electrons. The Bertz CT molecular complexity index is 1010. The number of aromatic nitrogens is 2. The van der Waals surface area contributed by atoms with Gasteiger partial charge in [0.1, 0.15) is 10.7 Å². The van der Waals surface area contributed by atoms with Crippen molar-refractivity contribution in [2.45, 2.75) is 44.6 Å². The van der Waals surface area contributed by atoms with Crippen LogP contribution < -0.4 is 9.62 Å². The minimum atomic E-state index is -3.67. The fourth-order valence-corrected chi connectivity index (χ4v) is 4.38. The van der Waals surface area contributed by atoms with E-state index in [1.807, 2.05) is 19.1 Å². The van der Waals surface area contributed by atoms with Crippen LogP contribution in [0, 0.1) is 0 Å². The number of amides is 1. The predicted octanol–water partition coefficient (Wildman–Crippen LogP) is 2.46. The molecule has 7 nitrogen and oxygen atoms in total. The number of sulfonamides is 1. The monoisotopic (exact) mass is 400 g/mol. The lowest BCUT2D eigenvalue weighted by atomic mass is 10.0. The van der Waals surface area contributed by atoms with Gasteiger partial charge in [-0.3, -0.25) is 14.7 Å². The van der Waals surface area contributed by atoms with Crippen LogP contribution in [-0.2, 0) is 21.2 Å². The van der Waals surface area contributed by atoms with Crippen LogP contribution in [0.15, 0.2) is 58.9 Å². The maximum atomic E-state index is 12.9. The normalized spacial score (nSPS) is 15.4. The zero-order chi connectivity index (χ0) is 20.5. The first kappa shape index (κ1) is 20.2. The number of anilines is 1. The highest BCUT2D eigenvalue weighted by Gasteiger charge is 2.30. The van der Waals surface area contributed by atoms with Gasteiger partial charge in [0.2, 0.25) is 10.0 Å². The summed E-state index contributed by atoms with van der Waals surface area (Å²) in [4.78, 5) is 22.8. The maximum Gasteiger partial charge on any atom is 0.256 e. The molecular weight excluding hydrogens is 376 g/mol. The molecular formula is C20H24N4O3S. The highest BCUT2D eigenvalue weighted by molar-refractivity contribution is 7.89. The van der Waals surface area contributed by atoms with Crippen molar-refractivity contribution in [2.75, 3.05) is 11.4 Å². The van der Waals surface area contributed by atoms with Crippen molar-refractivity contribution in [3.63, 3.8) is 0 Å². The molecule has 0 unspecified atom stereocenters. The third-order valence-corrected chi connectivity index (χ3v) is 6.01. The van der Waals surface area contributed by atoms with E-state index < -0.39 is 15.6 Å². The van der Waals surface area contributed by atoms with Crippen LogP contribution in [0.25, 0.3) is 0 Å². The van der Waals surface area contributed by atoms with Gasteiger partial charge in [-0.2, -0.15) is 0 Å². The van der Waals surface area contributed by atoms with E-state index in [0.29, 0.717) is 18.8 Å². The molecule has 2 aromatic rings. The lowest BCUT2D eigenvalue weighted by molar-refractivity contribution is -0.114. The molecule has 0 saturated carbocycles. The SMILES string of the molecule is CC1=C(Cc2cccnc2)C(=O)N(c2ccc(S(=O)(=O)NC(C)(C)C)cn2)C1. The van der Waals surface area contributed by atoms with Gasteiger partial charge >= 0.3 is 0 Å². The van der Waals surface area contributed by atoms with E-state index in [1.165, 1.54) is 12.3 Å². The Balaban J connectivity index is 1.78. The zero-order valence-electron chi connectivity index (χ0n) is 16.4. The fraction of sp³-hybridized carbons (Fsp3) is 0.350. The second kappa shape index (κ2) is 7.44. The summed E-state index contributed by atoms with van der Waals surface area (Å²) < 4.78 is 27.4. The highest BCUT2D eigenvalue weighted by Crippen LogP contribution is 2.27. The van der Waals surface area contributed by atoms with Gasteiger partial charge in [0, 0.05) is 42.7 Å². The van der Waals surface area contributed by atoms with Gasteiger partial charge in [-0.1, -0.05) is 6.07 Å². The second-order valence-electron chi connectivity index (χ2n) is 7.90. The van der Waals surface area contributed by atoms with Crippen molar-refractivity contribution >= 4 is 21.7 Å². The number of pyridine rings is 2. The third-order valence-electron chi connectivity index (χ3n) is 4.27. The number of rotatable bonds is 5. The van der Waals surface area contributed by atoms with Crippen LogP contribution in [0.2, 0.25) is 0 Å². The second-order valence-corrected chi connectivity index (χ2v) is 9.58. The molecule has 8 heteroatoms. The Hall–Kier alpha value is -2.58. The Kier molecular flexibility index (Phi) is 5.36. The summed E-state index contributed by atoms with van der Waals surface area (Å²) in [5, 5.41) is 0. The molecule has 0 fully saturated rings. The van der Waals surface area contributed by atoms with Crippen LogP contribution in [0.3, 0.4) is 0 Å². The molecule has 0 atom stereocenters. The standard InChI is InChI=1S/C20H24N4O3S/c1-14-13-24(19(25)17(14)10-15-6-5-9-21-11-15)18-8-7-16(12-22-18)28(26,27)23-20(2,3)4/h5-9,11-12,23H,10,13H2,1-4H3. The number of nitrogens with one attached hydrogen (secondary N) is 1. The van der Waals surface area contributed by atoms with Crippen molar-refractivity contribution in [3.05, 3.63) is 59.6 Å². The number of hydrogen-bond donors (Lipinski definition) is 1. The van der Waals surface area contributed by atoms with E-state index >= 15 is 0 Å². The van der Waals surface area contributed by atoms with Crippen LogP contribution in [0.5, 0.6) is 0 Å². The molecule has 1 aliphatic rings. The summed E-state index contributed by atoms with van der Waals surface area (Å²) in [6.45, 7) is 7.68. The van der Waals surface area contributed by atoms with Crippen molar-refractivity contribution in [1.29, 1.82) is 0 Å². The molecule has 1 amide bonds. The third kappa shape index (κ3) is 4.45. The molecule has 0 spiro atoms. The average Bonchev–Trinajstić information content (AvgIpc) is 2.89. The van der Waals surface area contributed by atoms with E-state index in [2.05, 4.69) is 14.7 Å². The number of nitrogens with zero attached hydrogens (tertiary/aromatic N) is 3. The predicted molar refractivity (Wildman–Crippen MR) is 107 cm³/mol. The molecule has 2 aromatic heterocycles. The Morgan fingerprint density at radius 2 is 1.93 bits per heavy atom. The Morgan fingerprint density at radius 1 is 1.18 bits per heavy atom. The van der Waals surface area contributed by atoms with Gasteiger partial charge in [0.25, 0.3) is 5.91 Å². The molecule has 0 bridgehead atoms. The Labute approximate surface area is 165 Å². The number of carbonyl (C=O) groups excluding carboxylic acids is 1. The Morgan fingerprint density at radius 3 is 2.50 bits per heavy atom. The largest absolute Gasteiger partial charge is 0.289 e. The topological polar surface area (TPSA) is 92.3 Å². The van der Waals surface area contributed by atoms with E-state index in [9.17, 15) is 13.2 Å². The summed E-state index contributed by atoms with van der Waals surface area (Å²) in [5.41, 5.74) is 2.07. The minimum absolute atomic E-state index is 0.0677. The molecule has 0 saturated heterocycles. The van der Waals surface area contributed by atoms with Crippen LogP contribution in [0.4, 0.5) is 5.82 Å². The van der Waals surface area contributed by atoms with Crippen molar-refractivity contribution < 1.29 is 13.2 Å². The summed E-state index contributed by atoms with van der Waals surface area (Å²) >= 11 is 0. The zero-order valence-corrected chi connectivity index (χ0v) is 17.2. The summed E-state index contributed by atoms with van der Waals surface area (Å²) in [7, 11) is -3.67. The summed E-state index contributed by atoms with van der Waals surface area (Å²) in [5.74, 6) is 0.317. The van der Waals surface area contributed by atoms with Crippen molar-refractivity contribution in [1.82, 2.24) is 14.7 Å². The first-order chi connectivity index (χ1) is 13.1. The highest BCUT2D eigenvalue weighted by atomic mass is 32.2. The lowest BCUT2D eigenvalue weighted by Gasteiger charge is -2.21. The van der Waals surface area contributed by atoms with Crippen LogP contribution in [-0.4, -0.2) is 36.4 Å². The molecule has 1 aliphatic heterocycles. The lowest BCUT2D eigenvalue weighted by Crippen LogP contribution is -2.40. The van der Waals surface area contributed by atoms with Gasteiger partial charge in [0.15, 0.2) is 0 Å². The molecule has 0 aliphatic carbocycles. The molecule has 28 heavy (non-hydrogen) atoms. The smallest absolute Gasteiger partial charge is 0.256 e. The van der Waals surface area contributed by atoms with E-state index in [4.69, 9.17) is 0 Å². The number of carbonyl (C=O) groups is 1. The number of hydrogen-bond acceptors (Lipinski definition) is 5. The quantitative estimate of drug-likeness (QED) is 0.832. The van der Waals surface area contributed by atoms with Crippen LogP contribution in [0.1, 0.15) is 33.3 Å². The summed E-state index contributed by atoms with van der Waals surface area (Å²) in [6.07, 6.45) is 5.24. The van der Waals surface area contributed by atoms with Gasteiger partial charge < -0.3 is 0 Å². The van der Waals surface area contributed by atoms with E-state index in [0.717, 1.165) is 16.7 Å². The van der Waals surface area contributed by atoms with Crippen LogP contribution >= 0.6 is 0 Å². The van der Waals surface area contributed by atoms with Gasteiger partial charge in [-0.05, 0) is 57.0 Å². The van der Waals surface area contributed by atoms with E-state index in [1.54, 1.807) is 44.1 Å². The molecule has 3 rings (SSSR count). The first-order valence-corrected chi connectivity index (χ1v) is 10.4. The minimum Gasteiger partial charge on any atom is -0.289 e.